The zero-order valence-corrected chi connectivity index (χ0v) is 13.1. The van der Waals surface area contributed by atoms with Crippen molar-refractivity contribution in [3.05, 3.63) is 58.1 Å². The molecule has 104 valence electrons. The fourth-order valence-corrected chi connectivity index (χ4v) is 2.63. The number of hydrogen-bond acceptors (Lipinski definition) is 2. The van der Waals surface area contributed by atoms with Gasteiger partial charge in [0.15, 0.2) is 0 Å². The van der Waals surface area contributed by atoms with Gasteiger partial charge in [0.1, 0.15) is 0 Å². The van der Waals surface area contributed by atoms with Gasteiger partial charge in [0.05, 0.1) is 0 Å². The molecule has 2 aromatic rings. The lowest BCUT2D eigenvalue weighted by Gasteiger charge is -2.12. The molecule has 0 fully saturated rings. The highest BCUT2D eigenvalue weighted by atomic mass is 79.9. The van der Waals surface area contributed by atoms with Crippen molar-refractivity contribution >= 4 is 33.2 Å². The number of benzene rings is 2. The van der Waals surface area contributed by atoms with E-state index in [-0.39, 0.29) is 5.91 Å². The first-order valence-corrected chi connectivity index (χ1v) is 7.20. The van der Waals surface area contributed by atoms with Crippen molar-refractivity contribution in [2.45, 2.75) is 20.4 Å². The summed E-state index contributed by atoms with van der Waals surface area (Å²) in [5, 5.41) is 6.22. The number of nitrogens with one attached hydrogen (secondary N) is 2. The van der Waals surface area contributed by atoms with Gasteiger partial charge in [-0.05, 0) is 42.3 Å². The number of amides is 1. The molecule has 0 aromatic heterocycles. The highest BCUT2D eigenvalue weighted by molar-refractivity contribution is 9.10. The van der Waals surface area contributed by atoms with Gasteiger partial charge in [0, 0.05) is 29.3 Å². The van der Waals surface area contributed by atoms with E-state index in [9.17, 15) is 4.79 Å². The molecule has 2 rings (SSSR count). The molecule has 2 N–H and O–H groups in total. The Morgan fingerprint density at radius 3 is 2.65 bits per heavy atom. The van der Waals surface area contributed by atoms with E-state index in [1.54, 1.807) is 0 Å². The minimum Gasteiger partial charge on any atom is -0.381 e. The predicted octanol–water partition coefficient (Wildman–Crippen LogP) is 4.33. The van der Waals surface area contributed by atoms with Gasteiger partial charge in [-0.2, -0.15) is 0 Å². The number of hydrogen-bond donors (Lipinski definition) is 2. The number of carbonyl (C=O) groups excluding carboxylic acids is 1. The monoisotopic (exact) mass is 332 g/mol. The van der Waals surface area contributed by atoms with Gasteiger partial charge in [-0.1, -0.05) is 34.1 Å². The number of para-hydroxylation sites is 1. The third kappa shape index (κ3) is 4.10. The van der Waals surface area contributed by atoms with E-state index >= 15 is 0 Å². The van der Waals surface area contributed by atoms with Gasteiger partial charge in [-0.25, -0.2) is 0 Å². The van der Waals surface area contributed by atoms with Crippen LogP contribution in [0.2, 0.25) is 0 Å². The lowest BCUT2D eigenvalue weighted by atomic mass is 10.1. The average Bonchev–Trinajstić information content (AvgIpc) is 2.36. The van der Waals surface area contributed by atoms with Crippen LogP contribution in [0.4, 0.5) is 11.4 Å². The van der Waals surface area contributed by atoms with Gasteiger partial charge in [0.2, 0.25) is 5.91 Å². The SMILES string of the molecule is CC(=O)Nc1ccccc1CNc1cc(C)cc(Br)c1. The summed E-state index contributed by atoms with van der Waals surface area (Å²) in [6, 6.07) is 14.0. The van der Waals surface area contributed by atoms with Crippen molar-refractivity contribution in [1.29, 1.82) is 0 Å². The zero-order valence-electron chi connectivity index (χ0n) is 11.5. The molecule has 0 aliphatic carbocycles. The van der Waals surface area contributed by atoms with Crippen molar-refractivity contribution in [3.8, 4) is 0 Å². The lowest BCUT2D eigenvalue weighted by molar-refractivity contribution is -0.114. The van der Waals surface area contributed by atoms with Crippen molar-refractivity contribution in [2.24, 2.45) is 0 Å². The smallest absolute Gasteiger partial charge is 0.221 e. The molecule has 0 bridgehead atoms. The molecule has 2 aromatic carbocycles. The Bertz CT molecular complexity index is 605. The topological polar surface area (TPSA) is 41.1 Å². The number of anilines is 2. The van der Waals surface area contributed by atoms with Crippen LogP contribution < -0.4 is 10.6 Å². The summed E-state index contributed by atoms with van der Waals surface area (Å²) >= 11 is 3.49. The Kier molecular flexibility index (Phi) is 4.79. The molecule has 3 nitrogen and oxygen atoms in total. The second-order valence-electron chi connectivity index (χ2n) is 4.71. The van der Waals surface area contributed by atoms with Gasteiger partial charge >= 0.3 is 0 Å². The Hall–Kier alpha value is -1.81. The van der Waals surface area contributed by atoms with E-state index in [4.69, 9.17) is 0 Å². The first-order valence-electron chi connectivity index (χ1n) is 6.41. The minimum absolute atomic E-state index is 0.0595. The van der Waals surface area contributed by atoms with Crippen LogP contribution in [-0.2, 0) is 11.3 Å². The highest BCUT2D eigenvalue weighted by Crippen LogP contribution is 2.21. The highest BCUT2D eigenvalue weighted by Gasteiger charge is 2.03. The molecule has 0 aliphatic heterocycles. The van der Waals surface area contributed by atoms with E-state index in [0.717, 1.165) is 21.4 Å². The summed E-state index contributed by atoms with van der Waals surface area (Å²) in [5.41, 5.74) is 4.14. The van der Waals surface area contributed by atoms with E-state index < -0.39 is 0 Å². The fraction of sp³-hybridized carbons (Fsp3) is 0.188. The molecular weight excluding hydrogens is 316 g/mol. The van der Waals surface area contributed by atoms with E-state index in [2.05, 4.69) is 45.6 Å². The van der Waals surface area contributed by atoms with Gasteiger partial charge in [-0.15, -0.1) is 0 Å². The molecule has 4 heteroatoms. The van der Waals surface area contributed by atoms with E-state index in [1.165, 1.54) is 12.5 Å². The number of halogens is 1. The Morgan fingerprint density at radius 1 is 1.20 bits per heavy atom. The zero-order chi connectivity index (χ0) is 14.5. The normalized spacial score (nSPS) is 10.2. The first-order chi connectivity index (χ1) is 9.54. The van der Waals surface area contributed by atoms with Crippen LogP contribution in [0.1, 0.15) is 18.1 Å². The molecule has 0 atom stereocenters. The minimum atomic E-state index is -0.0595. The molecule has 0 saturated carbocycles. The number of aryl methyl sites for hydroxylation is 1. The third-order valence-electron chi connectivity index (χ3n) is 2.85. The summed E-state index contributed by atoms with van der Waals surface area (Å²) in [6.07, 6.45) is 0. The van der Waals surface area contributed by atoms with Gasteiger partial charge in [0.25, 0.3) is 0 Å². The van der Waals surface area contributed by atoms with Crippen LogP contribution in [0.3, 0.4) is 0 Å². The fourth-order valence-electron chi connectivity index (χ4n) is 2.02. The molecular formula is C16H17BrN2O. The van der Waals surface area contributed by atoms with E-state index in [0.29, 0.717) is 6.54 Å². The third-order valence-corrected chi connectivity index (χ3v) is 3.31. The van der Waals surface area contributed by atoms with Crippen LogP contribution in [-0.4, -0.2) is 5.91 Å². The van der Waals surface area contributed by atoms with Crippen molar-refractivity contribution in [2.75, 3.05) is 10.6 Å². The summed E-state index contributed by atoms with van der Waals surface area (Å²) in [4.78, 5) is 11.2. The second-order valence-corrected chi connectivity index (χ2v) is 5.62. The molecule has 0 saturated heterocycles. The van der Waals surface area contributed by atoms with Crippen molar-refractivity contribution in [1.82, 2.24) is 0 Å². The van der Waals surface area contributed by atoms with Crippen LogP contribution >= 0.6 is 15.9 Å². The molecule has 20 heavy (non-hydrogen) atoms. The van der Waals surface area contributed by atoms with Crippen molar-refractivity contribution < 1.29 is 4.79 Å². The molecule has 0 radical (unpaired) electrons. The maximum Gasteiger partial charge on any atom is 0.221 e. The Morgan fingerprint density at radius 2 is 1.95 bits per heavy atom. The summed E-state index contributed by atoms with van der Waals surface area (Å²) < 4.78 is 1.05. The lowest BCUT2D eigenvalue weighted by Crippen LogP contribution is -2.10. The van der Waals surface area contributed by atoms with Crippen LogP contribution in [0.5, 0.6) is 0 Å². The maximum atomic E-state index is 11.2. The van der Waals surface area contributed by atoms with Gasteiger partial charge < -0.3 is 10.6 Å². The van der Waals surface area contributed by atoms with E-state index in [1.807, 2.05) is 30.3 Å². The number of rotatable bonds is 4. The molecule has 0 aliphatic rings. The molecule has 1 amide bonds. The standard InChI is InChI=1S/C16H17BrN2O/c1-11-7-14(17)9-15(8-11)18-10-13-5-3-4-6-16(13)19-12(2)20/h3-9,18H,10H2,1-2H3,(H,19,20). The largest absolute Gasteiger partial charge is 0.381 e. The van der Waals surface area contributed by atoms with Crippen LogP contribution in [0.25, 0.3) is 0 Å². The van der Waals surface area contributed by atoms with Crippen molar-refractivity contribution in [3.63, 3.8) is 0 Å². The quantitative estimate of drug-likeness (QED) is 0.874. The maximum absolute atomic E-state index is 11.2. The molecule has 0 spiro atoms. The van der Waals surface area contributed by atoms with Gasteiger partial charge in [-0.3, -0.25) is 4.79 Å². The molecule has 0 unspecified atom stereocenters. The molecule has 0 heterocycles. The predicted molar refractivity (Wildman–Crippen MR) is 87.0 cm³/mol. The first kappa shape index (κ1) is 14.6. The second kappa shape index (κ2) is 6.57. The van der Waals surface area contributed by atoms with Crippen LogP contribution in [0, 0.1) is 6.92 Å². The Balaban J connectivity index is 2.12. The summed E-state index contributed by atoms with van der Waals surface area (Å²) in [6.45, 7) is 4.23. The number of carbonyl (C=O) groups is 1. The van der Waals surface area contributed by atoms with Crippen LogP contribution in [0.15, 0.2) is 46.9 Å². The Labute approximate surface area is 127 Å². The summed E-state index contributed by atoms with van der Waals surface area (Å²) in [5.74, 6) is -0.0595. The average molecular weight is 333 g/mol. The summed E-state index contributed by atoms with van der Waals surface area (Å²) in [7, 11) is 0.